The first-order valence-electron chi connectivity index (χ1n) is 4.92. The van der Waals surface area contributed by atoms with Gasteiger partial charge < -0.3 is 10.2 Å². The highest BCUT2D eigenvalue weighted by Gasteiger charge is 1.84. The van der Waals surface area contributed by atoms with Crippen LogP contribution in [0.1, 0.15) is 11.1 Å². The van der Waals surface area contributed by atoms with Crippen molar-refractivity contribution < 1.29 is 15.0 Å². The summed E-state index contributed by atoms with van der Waals surface area (Å²) in [6.07, 6.45) is 5.10. The molecule has 2 N–H and O–H groups in total. The van der Waals surface area contributed by atoms with Crippen LogP contribution in [-0.2, 0) is 0 Å². The summed E-state index contributed by atoms with van der Waals surface area (Å²) in [7, 11) is 0. The zero-order chi connectivity index (χ0) is 13.2. The molecule has 0 aliphatic heterocycles. The molecule has 0 spiro atoms. The molecule has 0 amide bonds. The van der Waals surface area contributed by atoms with Crippen LogP contribution in [0.5, 0.6) is 0 Å². The molecule has 0 fully saturated rings. The smallest absolute Gasteiger partial charge is 0.450 e. The minimum Gasteiger partial charge on any atom is -0.450 e. The zero-order valence-electron chi connectivity index (χ0n) is 9.32. The molecule has 2 rings (SSSR count). The van der Waals surface area contributed by atoms with Gasteiger partial charge in [-0.1, -0.05) is 11.8 Å². The number of carboxylic acid groups (broad SMARTS) is 2. The van der Waals surface area contributed by atoms with E-state index in [9.17, 15) is 0 Å². The standard InChI is InChI=1S/C12H8N2.CH2O3/c1(11-3-7-13-8-4-11)2-12-5-9-14-10-6-12;2-1(3)4/h3-10H;(H2,2,3,4). The van der Waals surface area contributed by atoms with Crippen molar-refractivity contribution in [2.75, 3.05) is 0 Å². The maximum absolute atomic E-state index is 8.56. The molecule has 0 atom stereocenters. The van der Waals surface area contributed by atoms with Crippen molar-refractivity contribution in [3.63, 3.8) is 0 Å². The van der Waals surface area contributed by atoms with Gasteiger partial charge in [0, 0.05) is 35.9 Å². The number of pyridine rings is 2. The lowest BCUT2D eigenvalue weighted by atomic mass is 10.2. The fourth-order valence-electron chi connectivity index (χ4n) is 1.01. The second kappa shape index (κ2) is 7.41. The Balaban J connectivity index is 0.000000357. The number of rotatable bonds is 0. The number of aromatic nitrogens is 2. The quantitative estimate of drug-likeness (QED) is 0.691. The molecule has 2 aromatic heterocycles. The molecule has 5 heteroatoms. The SMILES string of the molecule is C(#Cc1ccncc1)c1ccncc1.O=C(O)O. The number of hydrogen-bond donors (Lipinski definition) is 2. The fourth-order valence-corrected chi connectivity index (χ4v) is 1.01. The fraction of sp³-hybridized carbons (Fsp3) is 0. The minimum absolute atomic E-state index is 0.969. The Morgan fingerprint density at radius 3 is 1.39 bits per heavy atom. The average molecular weight is 242 g/mol. The molecule has 0 aliphatic rings. The third kappa shape index (κ3) is 5.88. The second-order valence-electron chi connectivity index (χ2n) is 3.00. The van der Waals surface area contributed by atoms with E-state index in [0.29, 0.717) is 0 Å². The highest BCUT2D eigenvalue weighted by molar-refractivity contribution is 5.53. The van der Waals surface area contributed by atoms with Gasteiger partial charge >= 0.3 is 6.16 Å². The molecule has 90 valence electrons. The van der Waals surface area contributed by atoms with Crippen molar-refractivity contribution in [2.45, 2.75) is 0 Å². The van der Waals surface area contributed by atoms with Gasteiger partial charge in [0.05, 0.1) is 0 Å². The van der Waals surface area contributed by atoms with Crippen LogP contribution in [0.25, 0.3) is 0 Å². The van der Waals surface area contributed by atoms with Crippen LogP contribution < -0.4 is 0 Å². The van der Waals surface area contributed by atoms with Crippen LogP contribution in [0.15, 0.2) is 49.1 Å². The van der Waals surface area contributed by atoms with Crippen LogP contribution >= 0.6 is 0 Å². The van der Waals surface area contributed by atoms with E-state index in [1.165, 1.54) is 0 Å². The summed E-state index contributed by atoms with van der Waals surface area (Å²) >= 11 is 0. The zero-order valence-corrected chi connectivity index (χ0v) is 9.32. The van der Waals surface area contributed by atoms with Gasteiger partial charge in [-0.05, 0) is 24.3 Å². The highest BCUT2D eigenvalue weighted by Crippen LogP contribution is 1.96. The molecule has 18 heavy (non-hydrogen) atoms. The van der Waals surface area contributed by atoms with E-state index in [-0.39, 0.29) is 0 Å². The van der Waals surface area contributed by atoms with Crippen molar-refractivity contribution in [1.82, 2.24) is 9.97 Å². The topological polar surface area (TPSA) is 83.3 Å². The maximum atomic E-state index is 8.56. The molecular weight excluding hydrogens is 232 g/mol. The van der Waals surface area contributed by atoms with Gasteiger partial charge in [0.2, 0.25) is 0 Å². The first kappa shape index (κ1) is 13.2. The second-order valence-corrected chi connectivity index (χ2v) is 3.00. The molecule has 0 unspecified atom stereocenters. The summed E-state index contributed by atoms with van der Waals surface area (Å²) in [5.74, 6) is 6.09. The first-order chi connectivity index (χ1) is 8.68. The number of carbonyl (C=O) groups is 1. The highest BCUT2D eigenvalue weighted by atomic mass is 16.6. The Labute approximate surface area is 104 Å². The summed E-state index contributed by atoms with van der Waals surface area (Å²) in [6, 6.07) is 7.53. The van der Waals surface area contributed by atoms with E-state index < -0.39 is 6.16 Å². The van der Waals surface area contributed by atoms with Crippen molar-refractivity contribution in [1.29, 1.82) is 0 Å². The molecule has 0 saturated carbocycles. The molecule has 2 heterocycles. The number of nitrogens with zero attached hydrogens (tertiary/aromatic N) is 2. The van der Waals surface area contributed by atoms with E-state index in [1.54, 1.807) is 24.8 Å². The van der Waals surface area contributed by atoms with Crippen LogP contribution in [0.3, 0.4) is 0 Å². The van der Waals surface area contributed by atoms with E-state index in [4.69, 9.17) is 15.0 Å². The summed E-state index contributed by atoms with van der Waals surface area (Å²) in [6.45, 7) is 0. The van der Waals surface area contributed by atoms with E-state index >= 15 is 0 Å². The summed E-state index contributed by atoms with van der Waals surface area (Å²) in [4.78, 5) is 16.4. The predicted octanol–water partition coefficient (Wildman–Crippen LogP) is 2.10. The molecule has 0 radical (unpaired) electrons. The van der Waals surface area contributed by atoms with Crippen LogP contribution in [0.4, 0.5) is 4.79 Å². The molecule has 0 aliphatic carbocycles. The van der Waals surface area contributed by atoms with Crippen molar-refractivity contribution in [3.05, 3.63) is 60.2 Å². The molecule has 0 aromatic carbocycles. The lowest BCUT2D eigenvalue weighted by Crippen LogP contribution is -1.81. The Hall–Kier alpha value is -2.87. The van der Waals surface area contributed by atoms with Gasteiger partial charge in [-0.3, -0.25) is 9.97 Å². The summed E-state index contributed by atoms with van der Waals surface area (Å²) in [5.41, 5.74) is 1.94. The van der Waals surface area contributed by atoms with Gasteiger partial charge in [-0.15, -0.1) is 0 Å². The lowest BCUT2D eigenvalue weighted by Gasteiger charge is -1.87. The largest absolute Gasteiger partial charge is 0.503 e. The normalized spacial score (nSPS) is 8.22. The van der Waals surface area contributed by atoms with Crippen LogP contribution in [0, 0.1) is 11.8 Å². The van der Waals surface area contributed by atoms with Gasteiger partial charge in [0.1, 0.15) is 0 Å². The van der Waals surface area contributed by atoms with Crippen molar-refractivity contribution in [3.8, 4) is 11.8 Å². The average Bonchev–Trinajstić information content (AvgIpc) is 2.38. The van der Waals surface area contributed by atoms with E-state index in [1.807, 2.05) is 24.3 Å². The minimum atomic E-state index is -1.83. The molecule has 0 bridgehead atoms. The third-order valence-corrected chi connectivity index (χ3v) is 1.71. The van der Waals surface area contributed by atoms with Gasteiger partial charge in [-0.2, -0.15) is 0 Å². The Kier molecular flexibility index (Phi) is 5.43. The number of hydrogen-bond acceptors (Lipinski definition) is 3. The Bertz CT molecular complexity index is 497. The van der Waals surface area contributed by atoms with Gasteiger partial charge in [0.15, 0.2) is 0 Å². The Morgan fingerprint density at radius 1 is 0.833 bits per heavy atom. The van der Waals surface area contributed by atoms with Gasteiger partial charge in [-0.25, -0.2) is 4.79 Å². The molecule has 0 saturated heterocycles. The van der Waals surface area contributed by atoms with Crippen LogP contribution in [0.2, 0.25) is 0 Å². The van der Waals surface area contributed by atoms with Crippen molar-refractivity contribution >= 4 is 6.16 Å². The van der Waals surface area contributed by atoms with Crippen LogP contribution in [-0.4, -0.2) is 26.3 Å². The maximum Gasteiger partial charge on any atom is 0.503 e. The molecule has 5 nitrogen and oxygen atoms in total. The van der Waals surface area contributed by atoms with E-state index in [2.05, 4.69) is 21.8 Å². The third-order valence-electron chi connectivity index (χ3n) is 1.71. The Morgan fingerprint density at radius 2 is 1.11 bits per heavy atom. The van der Waals surface area contributed by atoms with Gasteiger partial charge in [0.25, 0.3) is 0 Å². The van der Waals surface area contributed by atoms with E-state index in [0.717, 1.165) is 11.1 Å². The molecular formula is C13H10N2O3. The first-order valence-corrected chi connectivity index (χ1v) is 4.92. The molecule has 2 aromatic rings. The predicted molar refractivity (Wildman–Crippen MR) is 65.1 cm³/mol. The van der Waals surface area contributed by atoms with Crippen molar-refractivity contribution in [2.24, 2.45) is 0 Å². The lowest BCUT2D eigenvalue weighted by molar-refractivity contribution is 0.137. The monoisotopic (exact) mass is 242 g/mol. The summed E-state index contributed by atoms with van der Waals surface area (Å²) in [5, 5.41) is 13.9. The summed E-state index contributed by atoms with van der Waals surface area (Å²) < 4.78 is 0.